The first-order valence-corrected chi connectivity index (χ1v) is 10.2. The summed E-state index contributed by atoms with van der Waals surface area (Å²) in [6, 6.07) is 3.05. The van der Waals surface area contributed by atoms with E-state index in [9.17, 15) is 9.00 Å². The third-order valence-electron chi connectivity index (χ3n) is 3.35. The molecule has 2 atom stereocenters. The van der Waals surface area contributed by atoms with E-state index in [-0.39, 0.29) is 0 Å². The van der Waals surface area contributed by atoms with E-state index < -0.39 is 33.5 Å². The third kappa shape index (κ3) is 7.35. The van der Waals surface area contributed by atoms with Crippen LogP contribution in [0, 0.1) is 11.8 Å². The lowest BCUT2D eigenvalue weighted by molar-refractivity contribution is 0.0532. The highest BCUT2D eigenvalue weighted by atomic mass is 32.2. The van der Waals surface area contributed by atoms with Crippen molar-refractivity contribution < 1.29 is 13.7 Å². The van der Waals surface area contributed by atoms with Crippen LogP contribution in [0.1, 0.15) is 79.5 Å². The van der Waals surface area contributed by atoms with Crippen LogP contribution in [0.25, 0.3) is 0 Å². The number of hydrogen-bond acceptors (Lipinski definition) is 3. The number of nitrogens with one attached hydrogen (secondary N) is 1. The molecule has 5 nitrogen and oxygen atoms in total. The first-order chi connectivity index (χ1) is 12.0. The van der Waals surface area contributed by atoms with Crippen LogP contribution in [0.15, 0.2) is 18.3 Å². The molecule has 1 aromatic rings. The lowest BCUT2D eigenvalue weighted by Crippen LogP contribution is -2.37. The zero-order chi connectivity index (χ0) is 20.0. The van der Waals surface area contributed by atoms with Gasteiger partial charge in [0, 0.05) is 12.6 Å². The lowest BCUT2D eigenvalue weighted by Gasteiger charge is -2.24. The summed E-state index contributed by atoms with van der Waals surface area (Å²) in [5.41, 5.74) is 0.0311. The highest BCUT2D eigenvalue weighted by Gasteiger charge is 2.26. The maximum absolute atomic E-state index is 12.6. The highest BCUT2D eigenvalue weighted by molar-refractivity contribution is 7.84. The molecule has 0 aliphatic heterocycles. The molecule has 146 valence electrons. The van der Waals surface area contributed by atoms with Crippen molar-refractivity contribution in [3.63, 3.8) is 0 Å². The molecule has 1 rings (SSSR count). The Labute approximate surface area is 160 Å². The normalized spacial score (nSPS) is 14.3. The second-order valence-electron chi connectivity index (χ2n) is 8.14. The number of carbonyl (C=O) groups excluding carboxylic acids is 1. The van der Waals surface area contributed by atoms with Gasteiger partial charge in [-0.2, -0.15) is 0 Å². The Morgan fingerprint density at radius 3 is 2.50 bits per heavy atom. The quantitative estimate of drug-likeness (QED) is 0.602. The molecule has 0 fully saturated rings. The smallest absolute Gasteiger partial charge is 0.418 e. The van der Waals surface area contributed by atoms with Gasteiger partial charge in [0.2, 0.25) is 0 Å². The summed E-state index contributed by atoms with van der Waals surface area (Å²) in [5, 5.41) is 0. The zero-order valence-electron chi connectivity index (χ0n) is 17.0. The van der Waals surface area contributed by atoms with Crippen LogP contribution < -0.4 is 4.72 Å². The average Bonchev–Trinajstić information content (AvgIpc) is 2.97. The number of carbonyl (C=O) groups is 1. The second-order valence-corrected chi connectivity index (χ2v) is 10.1. The van der Waals surface area contributed by atoms with Gasteiger partial charge in [-0.15, -0.1) is 5.92 Å². The van der Waals surface area contributed by atoms with Gasteiger partial charge >= 0.3 is 6.09 Å². The van der Waals surface area contributed by atoms with E-state index in [0.717, 1.165) is 19.3 Å². The summed E-state index contributed by atoms with van der Waals surface area (Å²) in [6.07, 6.45) is 4.01. The fourth-order valence-electron chi connectivity index (χ4n) is 1.99. The van der Waals surface area contributed by atoms with Crippen LogP contribution in [0.3, 0.4) is 0 Å². The third-order valence-corrected chi connectivity index (χ3v) is 4.91. The Hall–Kier alpha value is -1.58. The zero-order valence-corrected chi connectivity index (χ0v) is 17.8. The maximum Gasteiger partial charge on any atom is 0.418 e. The van der Waals surface area contributed by atoms with Gasteiger partial charge in [-0.05, 0) is 60.1 Å². The van der Waals surface area contributed by atoms with Gasteiger partial charge in [0.25, 0.3) is 0 Å². The Bertz CT molecular complexity index is 684. The number of rotatable bonds is 5. The molecule has 0 amide bonds. The molecule has 1 N–H and O–H groups in total. The molecule has 0 unspecified atom stereocenters. The lowest BCUT2D eigenvalue weighted by atomic mass is 10.2. The Morgan fingerprint density at radius 1 is 1.31 bits per heavy atom. The van der Waals surface area contributed by atoms with Gasteiger partial charge in [-0.25, -0.2) is 13.7 Å². The molecule has 0 spiro atoms. The Morgan fingerprint density at radius 2 is 1.96 bits per heavy atom. The van der Waals surface area contributed by atoms with Crippen molar-refractivity contribution >= 4 is 17.1 Å². The summed E-state index contributed by atoms with van der Waals surface area (Å²) < 4.78 is 22.1. The predicted octanol–water partition coefficient (Wildman–Crippen LogP) is 4.56. The van der Waals surface area contributed by atoms with Crippen molar-refractivity contribution in [2.75, 3.05) is 0 Å². The maximum atomic E-state index is 12.6. The second kappa shape index (κ2) is 9.38. The molecular formula is C20H32N2O3S. The molecule has 1 heterocycles. The van der Waals surface area contributed by atoms with Crippen molar-refractivity contribution in [3.05, 3.63) is 24.0 Å². The van der Waals surface area contributed by atoms with Gasteiger partial charge in [-0.1, -0.05) is 19.3 Å². The number of hydrogen-bond donors (Lipinski definition) is 1. The summed E-state index contributed by atoms with van der Waals surface area (Å²) in [7, 11) is -1.32. The van der Waals surface area contributed by atoms with Crippen LogP contribution in [-0.2, 0) is 15.7 Å². The van der Waals surface area contributed by atoms with Crippen LogP contribution in [-0.4, -0.2) is 25.2 Å². The van der Waals surface area contributed by atoms with Crippen molar-refractivity contribution in [2.45, 2.75) is 84.1 Å². The van der Waals surface area contributed by atoms with Gasteiger partial charge in [-0.3, -0.25) is 4.57 Å². The SMILES string of the molecule is CCCCC#C[C@H](N[S@](=O)C(C)(C)C)c1cccn1C(=O)OC(C)(C)C. The van der Waals surface area contributed by atoms with Crippen LogP contribution in [0.5, 0.6) is 0 Å². The molecule has 1 aromatic heterocycles. The molecule has 26 heavy (non-hydrogen) atoms. The van der Waals surface area contributed by atoms with Gasteiger partial charge < -0.3 is 4.74 Å². The van der Waals surface area contributed by atoms with E-state index in [2.05, 4.69) is 23.5 Å². The molecular weight excluding hydrogens is 348 g/mol. The molecule has 0 saturated heterocycles. The molecule has 0 aliphatic carbocycles. The van der Waals surface area contributed by atoms with Crippen molar-refractivity contribution in [3.8, 4) is 11.8 Å². The van der Waals surface area contributed by atoms with Crippen LogP contribution in [0.4, 0.5) is 4.79 Å². The predicted molar refractivity (Wildman–Crippen MR) is 107 cm³/mol. The summed E-state index contributed by atoms with van der Waals surface area (Å²) in [6.45, 7) is 13.3. The van der Waals surface area contributed by atoms with E-state index in [1.807, 2.05) is 41.5 Å². The van der Waals surface area contributed by atoms with E-state index in [1.54, 1.807) is 18.3 Å². The summed E-state index contributed by atoms with van der Waals surface area (Å²) in [4.78, 5) is 12.5. The Balaban J connectivity index is 3.14. The number of ether oxygens (including phenoxy) is 1. The summed E-state index contributed by atoms with van der Waals surface area (Å²) >= 11 is 0. The molecule has 0 aromatic carbocycles. The minimum Gasteiger partial charge on any atom is -0.443 e. The topological polar surface area (TPSA) is 60.3 Å². The van der Waals surface area contributed by atoms with Crippen molar-refractivity contribution in [1.82, 2.24) is 9.29 Å². The standard InChI is InChI=1S/C20H32N2O3S/c1-8-9-10-11-13-16(21-26(24)20(5,6)7)17-14-12-15-22(17)18(23)25-19(2,3)4/h12,14-16,21H,8-10H2,1-7H3/t16-,26+/m0/s1. The van der Waals surface area contributed by atoms with Gasteiger partial charge in [0.1, 0.15) is 11.6 Å². The van der Waals surface area contributed by atoms with Crippen LogP contribution in [0.2, 0.25) is 0 Å². The number of nitrogens with zero attached hydrogens (tertiary/aromatic N) is 1. The minimum absolute atomic E-state index is 0.438. The number of aromatic nitrogens is 1. The molecule has 0 aliphatic rings. The van der Waals surface area contributed by atoms with Gasteiger partial charge in [0.15, 0.2) is 0 Å². The molecule has 0 saturated carbocycles. The number of unbranched alkanes of at least 4 members (excludes halogenated alkanes) is 2. The van der Waals surface area contributed by atoms with E-state index in [1.165, 1.54) is 4.57 Å². The largest absolute Gasteiger partial charge is 0.443 e. The first-order valence-electron chi connectivity index (χ1n) is 9.02. The van der Waals surface area contributed by atoms with Crippen molar-refractivity contribution in [2.24, 2.45) is 0 Å². The molecule has 0 bridgehead atoms. The Kier molecular flexibility index (Phi) is 8.11. The average molecular weight is 381 g/mol. The van der Waals surface area contributed by atoms with E-state index >= 15 is 0 Å². The minimum atomic E-state index is -1.32. The highest BCUT2D eigenvalue weighted by Crippen LogP contribution is 2.20. The molecule has 6 heteroatoms. The van der Waals surface area contributed by atoms with Crippen molar-refractivity contribution in [1.29, 1.82) is 0 Å². The van der Waals surface area contributed by atoms with Crippen LogP contribution >= 0.6 is 0 Å². The van der Waals surface area contributed by atoms with Gasteiger partial charge in [0.05, 0.1) is 21.4 Å². The summed E-state index contributed by atoms with van der Waals surface area (Å²) in [5.74, 6) is 6.27. The van der Waals surface area contributed by atoms with E-state index in [0.29, 0.717) is 5.69 Å². The monoisotopic (exact) mass is 380 g/mol. The first kappa shape index (κ1) is 22.5. The fourth-order valence-corrected chi connectivity index (χ4v) is 2.74. The fraction of sp³-hybridized carbons (Fsp3) is 0.650. The molecule has 0 radical (unpaired) electrons. The van der Waals surface area contributed by atoms with E-state index in [4.69, 9.17) is 4.74 Å².